The van der Waals surface area contributed by atoms with E-state index in [0.717, 1.165) is 24.0 Å². The Bertz CT molecular complexity index is 615. The monoisotopic (exact) mass is 336 g/mol. The lowest BCUT2D eigenvalue weighted by Gasteiger charge is -2.11. The number of hydrogen-bond acceptors (Lipinski definition) is 5. The molecule has 0 amide bonds. The van der Waals surface area contributed by atoms with Crippen LogP contribution in [-0.4, -0.2) is 31.4 Å². The Morgan fingerprint density at radius 1 is 1.50 bits per heavy atom. The minimum absolute atomic E-state index is 0.0242. The normalized spacial score (nSPS) is 19.1. The number of sulfonamides is 1. The number of hydrogen-bond donors (Lipinski definition) is 1. The summed E-state index contributed by atoms with van der Waals surface area (Å²) in [7, 11) is -3.83. The minimum atomic E-state index is -3.83. The van der Waals surface area contributed by atoms with Gasteiger partial charge in [-0.05, 0) is 29.9 Å². The number of nitrogens with zero attached hydrogens (tertiary/aromatic N) is 1. The molecule has 0 spiro atoms. The van der Waals surface area contributed by atoms with E-state index < -0.39 is 14.9 Å². The van der Waals surface area contributed by atoms with E-state index in [4.69, 9.17) is 11.6 Å². The van der Waals surface area contributed by atoms with Gasteiger partial charge in [-0.15, -0.1) is 0 Å². The fourth-order valence-electron chi connectivity index (χ4n) is 1.86. The molecule has 1 aliphatic heterocycles. The molecule has 1 aromatic carbocycles. The maximum atomic E-state index is 12.2. The standard InChI is InChI=1S/C11H13ClN2O4S2/c12-10-2-1-9(14(15)16)5-11(10)20(17,18)13-6-8-3-4-19-7-8/h1-2,5,8,13H,3-4,6-7H2. The molecule has 1 N–H and O–H groups in total. The van der Waals surface area contributed by atoms with Crippen LogP contribution in [0, 0.1) is 16.0 Å². The molecule has 1 saturated heterocycles. The van der Waals surface area contributed by atoms with Gasteiger partial charge in [-0.1, -0.05) is 11.6 Å². The number of rotatable bonds is 5. The van der Waals surface area contributed by atoms with Gasteiger partial charge in [-0.2, -0.15) is 11.8 Å². The fraction of sp³-hybridized carbons (Fsp3) is 0.455. The van der Waals surface area contributed by atoms with Crippen molar-refractivity contribution in [1.82, 2.24) is 4.72 Å². The zero-order valence-electron chi connectivity index (χ0n) is 10.4. The van der Waals surface area contributed by atoms with E-state index in [1.165, 1.54) is 12.1 Å². The molecular weight excluding hydrogens is 324 g/mol. The van der Waals surface area contributed by atoms with E-state index in [2.05, 4.69) is 4.72 Å². The van der Waals surface area contributed by atoms with Crippen LogP contribution in [0.2, 0.25) is 5.02 Å². The average Bonchev–Trinajstić information content (AvgIpc) is 2.89. The largest absolute Gasteiger partial charge is 0.270 e. The van der Waals surface area contributed by atoms with Crippen molar-refractivity contribution < 1.29 is 13.3 Å². The van der Waals surface area contributed by atoms with Crippen LogP contribution in [0.5, 0.6) is 0 Å². The molecule has 1 atom stereocenters. The van der Waals surface area contributed by atoms with E-state index >= 15 is 0 Å². The lowest BCUT2D eigenvalue weighted by atomic mass is 10.1. The third-order valence-electron chi connectivity index (χ3n) is 3.00. The molecule has 1 aliphatic rings. The molecule has 110 valence electrons. The van der Waals surface area contributed by atoms with Crippen molar-refractivity contribution in [3.05, 3.63) is 33.3 Å². The topological polar surface area (TPSA) is 89.3 Å². The smallest absolute Gasteiger partial charge is 0.258 e. The van der Waals surface area contributed by atoms with Crippen LogP contribution in [0.3, 0.4) is 0 Å². The number of benzene rings is 1. The van der Waals surface area contributed by atoms with E-state index in [1.54, 1.807) is 11.8 Å². The van der Waals surface area contributed by atoms with E-state index in [1.807, 2.05) is 0 Å². The van der Waals surface area contributed by atoms with Gasteiger partial charge >= 0.3 is 0 Å². The maximum Gasteiger partial charge on any atom is 0.270 e. The Labute approximate surface area is 126 Å². The number of nitro benzene ring substituents is 1. The second-order valence-electron chi connectivity index (χ2n) is 4.45. The van der Waals surface area contributed by atoms with Gasteiger partial charge < -0.3 is 0 Å². The number of halogens is 1. The number of thioether (sulfide) groups is 1. The summed E-state index contributed by atoms with van der Waals surface area (Å²) in [6, 6.07) is 3.38. The SMILES string of the molecule is O=[N+]([O-])c1ccc(Cl)c(S(=O)(=O)NCC2CCSC2)c1. The lowest BCUT2D eigenvalue weighted by Crippen LogP contribution is -2.29. The summed E-state index contributed by atoms with van der Waals surface area (Å²) in [5, 5.41) is 10.7. The van der Waals surface area contributed by atoms with Gasteiger partial charge in [0.15, 0.2) is 0 Å². The predicted octanol–water partition coefficient (Wildman–Crippen LogP) is 2.28. The Balaban J connectivity index is 2.19. The highest BCUT2D eigenvalue weighted by Crippen LogP contribution is 2.27. The van der Waals surface area contributed by atoms with Gasteiger partial charge in [-0.3, -0.25) is 10.1 Å². The summed E-state index contributed by atoms with van der Waals surface area (Å²) >= 11 is 7.62. The number of non-ortho nitro benzene ring substituents is 1. The molecule has 1 aromatic rings. The quantitative estimate of drug-likeness (QED) is 0.658. The molecule has 0 saturated carbocycles. The second-order valence-corrected chi connectivity index (χ2v) is 7.75. The first-order valence-electron chi connectivity index (χ1n) is 5.91. The van der Waals surface area contributed by atoms with Gasteiger partial charge in [0.1, 0.15) is 4.90 Å². The van der Waals surface area contributed by atoms with E-state index in [9.17, 15) is 18.5 Å². The average molecular weight is 337 g/mol. The number of nitro groups is 1. The second kappa shape index (κ2) is 6.30. The lowest BCUT2D eigenvalue weighted by molar-refractivity contribution is -0.385. The van der Waals surface area contributed by atoms with Gasteiger partial charge in [0.2, 0.25) is 10.0 Å². The minimum Gasteiger partial charge on any atom is -0.258 e. The summed E-state index contributed by atoms with van der Waals surface area (Å²) in [6.45, 7) is 0.328. The van der Waals surface area contributed by atoms with Gasteiger partial charge in [0.05, 0.1) is 9.95 Å². The van der Waals surface area contributed by atoms with Crippen LogP contribution in [0.1, 0.15) is 6.42 Å². The first-order chi connectivity index (χ1) is 9.40. The summed E-state index contributed by atoms with van der Waals surface area (Å²) in [5.74, 6) is 2.25. The molecular formula is C11H13ClN2O4S2. The van der Waals surface area contributed by atoms with Crippen LogP contribution in [0.4, 0.5) is 5.69 Å². The van der Waals surface area contributed by atoms with Crippen LogP contribution >= 0.6 is 23.4 Å². The molecule has 6 nitrogen and oxygen atoms in total. The zero-order valence-corrected chi connectivity index (χ0v) is 12.8. The third kappa shape index (κ3) is 3.63. The van der Waals surface area contributed by atoms with Crippen molar-refractivity contribution >= 4 is 39.1 Å². The van der Waals surface area contributed by atoms with Crippen molar-refractivity contribution in [3.63, 3.8) is 0 Å². The van der Waals surface area contributed by atoms with Gasteiger partial charge in [0, 0.05) is 18.7 Å². The summed E-state index contributed by atoms with van der Waals surface area (Å²) in [6.07, 6.45) is 0.968. The Kier molecular flexibility index (Phi) is 4.90. The summed E-state index contributed by atoms with van der Waals surface area (Å²) in [5.41, 5.74) is -0.300. The van der Waals surface area contributed by atoms with Crippen LogP contribution in [-0.2, 0) is 10.0 Å². The molecule has 0 bridgehead atoms. The Morgan fingerprint density at radius 2 is 2.25 bits per heavy atom. The third-order valence-corrected chi connectivity index (χ3v) is 6.14. The molecule has 1 unspecified atom stereocenters. The summed E-state index contributed by atoms with van der Waals surface area (Å²) in [4.78, 5) is 9.80. The zero-order chi connectivity index (χ0) is 14.8. The molecule has 0 aliphatic carbocycles. The first-order valence-corrected chi connectivity index (χ1v) is 8.93. The van der Waals surface area contributed by atoms with Crippen LogP contribution in [0.25, 0.3) is 0 Å². The summed E-state index contributed by atoms with van der Waals surface area (Å²) < 4.78 is 26.8. The Hall–Kier alpha value is -0.830. The van der Waals surface area contributed by atoms with Crippen molar-refractivity contribution in [2.24, 2.45) is 5.92 Å². The molecule has 1 heterocycles. The maximum absolute atomic E-state index is 12.2. The van der Waals surface area contributed by atoms with Gasteiger partial charge in [-0.25, -0.2) is 13.1 Å². The molecule has 9 heteroatoms. The molecule has 0 radical (unpaired) electrons. The van der Waals surface area contributed by atoms with E-state index in [0.29, 0.717) is 12.5 Å². The molecule has 20 heavy (non-hydrogen) atoms. The highest BCUT2D eigenvalue weighted by atomic mass is 35.5. The first kappa shape index (κ1) is 15.6. The fourth-order valence-corrected chi connectivity index (χ4v) is 4.78. The van der Waals surface area contributed by atoms with Crippen molar-refractivity contribution in [3.8, 4) is 0 Å². The Morgan fingerprint density at radius 3 is 2.85 bits per heavy atom. The van der Waals surface area contributed by atoms with Crippen molar-refractivity contribution in [2.75, 3.05) is 18.1 Å². The molecule has 2 rings (SSSR count). The van der Waals surface area contributed by atoms with Crippen LogP contribution in [0.15, 0.2) is 23.1 Å². The number of nitrogens with one attached hydrogen (secondary N) is 1. The highest BCUT2D eigenvalue weighted by Gasteiger charge is 2.24. The van der Waals surface area contributed by atoms with Gasteiger partial charge in [0.25, 0.3) is 5.69 Å². The predicted molar refractivity (Wildman–Crippen MR) is 78.7 cm³/mol. The van der Waals surface area contributed by atoms with Crippen LogP contribution < -0.4 is 4.72 Å². The van der Waals surface area contributed by atoms with Crippen molar-refractivity contribution in [1.29, 1.82) is 0 Å². The van der Waals surface area contributed by atoms with E-state index in [-0.39, 0.29) is 15.6 Å². The molecule has 1 fully saturated rings. The van der Waals surface area contributed by atoms with Crippen molar-refractivity contribution in [2.45, 2.75) is 11.3 Å². The molecule has 0 aromatic heterocycles. The highest BCUT2D eigenvalue weighted by molar-refractivity contribution is 7.99.